The molecule has 0 spiro atoms. The van der Waals surface area contributed by atoms with Gasteiger partial charge in [0.25, 0.3) is 8.32 Å². The fourth-order valence-electron chi connectivity index (χ4n) is 10.4. The first kappa shape index (κ1) is 40.3. The van der Waals surface area contributed by atoms with Crippen molar-refractivity contribution in [3.8, 4) is 23.0 Å². The van der Waals surface area contributed by atoms with Gasteiger partial charge in [-0.2, -0.15) is 0 Å². The maximum atomic E-state index is 14.2. The predicted molar refractivity (Wildman–Crippen MR) is 225 cm³/mol. The molecule has 4 aromatic rings. The molecule has 0 aliphatic heterocycles. The van der Waals surface area contributed by atoms with E-state index in [1.807, 2.05) is 72.8 Å². The van der Waals surface area contributed by atoms with E-state index < -0.39 is 28.4 Å². The standard InChI is InChI=1S/C47H55FNO5PSi/c1-32(2)45-41(42(36-18-20-37(48)21-19-36)27-43(49-45)47-28-33-23-34(29-47)25-35(24-33)30-47)17-12-22-53-55(52)31-38(26-44(50)51)54-56(46(3,4)5,39-13-8-6-9-14-39)40-15-10-7-11-16-40/h6-11,13-16,18-21,27,32-35,38,55H,22-26,28-31H2,1-5H3,(H,50,51)/t33?,34?,35?,38-,47?/m0/s1. The summed E-state index contributed by atoms with van der Waals surface area (Å²) in [6.07, 6.45) is 6.37. The number of benzene rings is 3. The summed E-state index contributed by atoms with van der Waals surface area (Å²) in [6.45, 7) is 10.5. The van der Waals surface area contributed by atoms with E-state index in [0.29, 0.717) is 0 Å². The number of rotatable bonds is 13. The highest BCUT2D eigenvalue weighted by Crippen LogP contribution is 2.60. The monoisotopic (exact) mass is 791 g/mol. The number of carbonyl (C=O) groups is 1. The Morgan fingerprint density at radius 3 is 1.98 bits per heavy atom. The lowest BCUT2D eigenvalue weighted by atomic mass is 9.48. The topological polar surface area (TPSA) is 85.7 Å². The van der Waals surface area contributed by atoms with Gasteiger partial charge in [0.1, 0.15) is 12.4 Å². The molecule has 4 aliphatic carbocycles. The Hall–Kier alpha value is -3.86. The summed E-state index contributed by atoms with van der Waals surface area (Å²) in [5.74, 6) is 7.55. The lowest BCUT2D eigenvalue weighted by molar-refractivity contribution is -0.138. The van der Waals surface area contributed by atoms with Crippen molar-refractivity contribution in [2.75, 3.05) is 12.8 Å². The first-order chi connectivity index (χ1) is 26.8. The van der Waals surface area contributed by atoms with Gasteiger partial charge >= 0.3 is 5.97 Å². The Morgan fingerprint density at radius 2 is 1.48 bits per heavy atom. The molecule has 1 heterocycles. The Balaban J connectivity index is 1.16. The van der Waals surface area contributed by atoms with E-state index in [1.54, 1.807) is 0 Å². The molecule has 1 N–H and O–H groups in total. The maximum absolute atomic E-state index is 14.2. The van der Waals surface area contributed by atoms with E-state index >= 15 is 0 Å². The van der Waals surface area contributed by atoms with Crippen LogP contribution < -0.4 is 10.4 Å². The predicted octanol–water partition coefficient (Wildman–Crippen LogP) is 9.74. The van der Waals surface area contributed by atoms with Crippen molar-refractivity contribution in [3.63, 3.8) is 0 Å². The van der Waals surface area contributed by atoms with Crippen molar-refractivity contribution in [2.45, 2.75) is 102 Å². The van der Waals surface area contributed by atoms with Crippen molar-refractivity contribution in [1.29, 1.82) is 0 Å². The zero-order chi connectivity index (χ0) is 39.7. The van der Waals surface area contributed by atoms with Crippen LogP contribution in [0.5, 0.6) is 0 Å². The Kier molecular flexibility index (Phi) is 11.9. The van der Waals surface area contributed by atoms with E-state index in [0.717, 1.165) is 56.2 Å². The molecule has 9 heteroatoms. The number of nitrogens with zero attached hydrogens (tertiary/aromatic N) is 1. The summed E-state index contributed by atoms with van der Waals surface area (Å²) in [4.78, 5) is 17.6. The van der Waals surface area contributed by atoms with Gasteiger partial charge in [-0.1, -0.05) is 119 Å². The first-order valence-corrected chi connectivity index (χ1v) is 23.7. The van der Waals surface area contributed by atoms with E-state index in [4.69, 9.17) is 13.9 Å². The van der Waals surface area contributed by atoms with Crippen molar-refractivity contribution in [1.82, 2.24) is 4.98 Å². The van der Waals surface area contributed by atoms with Gasteiger partial charge < -0.3 is 14.1 Å². The summed E-state index contributed by atoms with van der Waals surface area (Å²) >= 11 is 0. The smallest absolute Gasteiger partial charge is 0.305 e. The molecule has 0 radical (unpaired) electrons. The van der Waals surface area contributed by atoms with Gasteiger partial charge in [-0.05, 0) is 101 Å². The minimum atomic E-state index is -3.11. The zero-order valence-electron chi connectivity index (χ0n) is 33.3. The van der Waals surface area contributed by atoms with Crippen LogP contribution in [0.1, 0.15) is 102 Å². The van der Waals surface area contributed by atoms with E-state index in [-0.39, 0.29) is 41.4 Å². The molecule has 6 nitrogen and oxygen atoms in total. The summed E-state index contributed by atoms with van der Waals surface area (Å²) in [7, 11) is -5.88. The third-order valence-corrected chi connectivity index (χ3v) is 18.8. The highest BCUT2D eigenvalue weighted by Gasteiger charge is 2.53. The molecular weight excluding hydrogens is 737 g/mol. The maximum Gasteiger partial charge on any atom is 0.305 e. The number of aromatic nitrogens is 1. The highest BCUT2D eigenvalue weighted by atomic mass is 31.1. The molecule has 1 aromatic heterocycles. The summed E-state index contributed by atoms with van der Waals surface area (Å²) in [6, 6.07) is 28.8. The van der Waals surface area contributed by atoms with Gasteiger partial charge in [0.05, 0.1) is 23.8 Å². The summed E-state index contributed by atoms with van der Waals surface area (Å²) < 4.78 is 40.8. The van der Waals surface area contributed by atoms with Gasteiger partial charge in [0.2, 0.25) is 0 Å². The lowest BCUT2D eigenvalue weighted by Gasteiger charge is -2.56. The van der Waals surface area contributed by atoms with Crippen LogP contribution in [-0.4, -0.2) is 43.2 Å². The van der Waals surface area contributed by atoms with Crippen LogP contribution in [0.3, 0.4) is 0 Å². The number of carboxylic acid groups (broad SMARTS) is 1. The van der Waals surface area contributed by atoms with Gasteiger partial charge in [0.15, 0.2) is 8.03 Å². The van der Waals surface area contributed by atoms with E-state index in [2.05, 4.69) is 52.5 Å². The van der Waals surface area contributed by atoms with Gasteiger partial charge in [-0.25, -0.2) is 4.39 Å². The molecule has 4 aliphatic rings. The second-order valence-electron chi connectivity index (χ2n) is 17.8. The number of halogens is 1. The molecule has 3 aromatic carbocycles. The average Bonchev–Trinajstić information content (AvgIpc) is 3.15. The zero-order valence-corrected chi connectivity index (χ0v) is 35.3. The molecular formula is C47H55FNO5PSi. The van der Waals surface area contributed by atoms with Gasteiger partial charge in [0, 0.05) is 22.8 Å². The third-order valence-electron chi connectivity index (χ3n) is 12.4. The SMILES string of the molecule is CC(C)c1nc(C23CC4CC(CC(C4)C2)C3)cc(-c2ccc(F)cc2)c1C#CCO[PH](=O)C[C@H](CC(=O)O)O[Si](c1ccccc1)(c1ccccc1)C(C)(C)C. The van der Waals surface area contributed by atoms with Gasteiger partial charge in [-0.15, -0.1) is 0 Å². The third kappa shape index (κ3) is 8.39. The fraction of sp³-hybridized carbons (Fsp3) is 0.447. The van der Waals surface area contributed by atoms with Gasteiger partial charge in [-0.3, -0.25) is 14.3 Å². The quantitative estimate of drug-likeness (QED) is 0.0825. The number of carboxylic acids is 1. The molecule has 4 saturated carbocycles. The molecule has 294 valence electrons. The van der Waals surface area contributed by atoms with Crippen LogP contribution in [0.4, 0.5) is 4.39 Å². The van der Waals surface area contributed by atoms with Crippen LogP contribution >= 0.6 is 8.03 Å². The summed E-state index contributed by atoms with van der Waals surface area (Å²) in [5, 5.41) is 11.6. The number of hydrogen-bond donors (Lipinski definition) is 1. The van der Waals surface area contributed by atoms with Crippen molar-refractivity contribution < 1.29 is 27.8 Å². The molecule has 1 unspecified atom stereocenters. The lowest BCUT2D eigenvalue weighted by Crippen LogP contribution is -2.68. The summed E-state index contributed by atoms with van der Waals surface area (Å²) in [5.41, 5.74) is 4.75. The Labute approximate surface area is 333 Å². The van der Waals surface area contributed by atoms with E-state index in [1.165, 1.54) is 50.7 Å². The second-order valence-corrected chi connectivity index (χ2v) is 23.5. The molecule has 0 amide bonds. The number of pyridine rings is 1. The molecule has 4 fully saturated rings. The number of hydrogen-bond acceptors (Lipinski definition) is 5. The first-order valence-electron chi connectivity index (χ1n) is 20.2. The molecule has 4 bridgehead atoms. The van der Waals surface area contributed by atoms with Crippen LogP contribution in [0.15, 0.2) is 91.0 Å². The fourth-order valence-corrected chi connectivity index (χ4v) is 16.2. The van der Waals surface area contributed by atoms with Crippen LogP contribution in [0.25, 0.3) is 11.1 Å². The van der Waals surface area contributed by atoms with Crippen LogP contribution in [-0.2, 0) is 23.7 Å². The Morgan fingerprint density at radius 1 is 0.929 bits per heavy atom. The number of aliphatic carboxylic acids is 1. The van der Waals surface area contributed by atoms with Crippen LogP contribution in [0.2, 0.25) is 5.04 Å². The average molecular weight is 792 g/mol. The Bertz CT molecular complexity index is 2030. The normalized spacial score (nSPS) is 22.7. The van der Waals surface area contributed by atoms with Crippen LogP contribution in [0, 0.1) is 35.4 Å². The van der Waals surface area contributed by atoms with Crippen molar-refractivity contribution >= 4 is 32.7 Å². The minimum Gasteiger partial charge on any atom is -0.481 e. The molecule has 0 saturated heterocycles. The van der Waals surface area contributed by atoms with Crippen molar-refractivity contribution in [2.24, 2.45) is 17.8 Å². The molecule has 56 heavy (non-hydrogen) atoms. The minimum absolute atomic E-state index is 0.0530. The largest absolute Gasteiger partial charge is 0.481 e. The molecule has 2 atom stereocenters. The van der Waals surface area contributed by atoms with E-state index in [9.17, 15) is 18.9 Å². The highest BCUT2D eigenvalue weighted by molar-refractivity contribution is 7.39. The van der Waals surface area contributed by atoms with Crippen molar-refractivity contribution in [3.05, 3.63) is 114 Å². The molecule has 8 rings (SSSR count). The second kappa shape index (κ2) is 16.5.